The van der Waals surface area contributed by atoms with E-state index in [1.165, 1.54) is 0 Å². The molecule has 5 nitrogen and oxygen atoms in total. The Morgan fingerprint density at radius 1 is 1.12 bits per heavy atom. The van der Waals surface area contributed by atoms with E-state index in [1.54, 1.807) is 0 Å². The molecular formula is C18H25BrClN3O2. The number of carbonyl (C=O) groups is 2. The van der Waals surface area contributed by atoms with Crippen molar-refractivity contribution < 1.29 is 9.59 Å². The van der Waals surface area contributed by atoms with Gasteiger partial charge in [0.25, 0.3) is 5.91 Å². The first-order valence-corrected chi connectivity index (χ1v) is 9.49. The Morgan fingerprint density at radius 3 is 2.40 bits per heavy atom. The van der Waals surface area contributed by atoms with Gasteiger partial charge in [-0.3, -0.25) is 9.59 Å². The molecule has 2 N–H and O–H groups in total. The molecule has 1 aromatic carbocycles. The summed E-state index contributed by atoms with van der Waals surface area (Å²) in [5.41, 5.74) is 0.703. The number of carbonyl (C=O) groups excluding carboxylic acids is 2. The van der Waals surface area contributed by atoms with Gasteiger partial charge in [-0.05, 0) is 56.5 Å². The lowest BCUT2D eigenvalue weighted by Crippen LogP contribution is -2.49. The highest BCUT2D eigenvalue weighted by molar-refractivity contribution is 9.10. The van der Waals surface area contributed by atoms with E-state index in [1.807, 2.05) is 29.2 Å². The number of amides is 2. The third-order valence-corrected chi connectivity index (χ3v) is 5.42. The Morgan fingerprint density at radius 2 is 1.80 bits per heavy atom. The lowest BCUT2D eigenvalue weighted by atomic mass is 9.94. The summed E-state index contributed by atoms with van der Waals surface area (Å²) in [5.74, 6) is 0.234. The van der Waals surface area contributed by atoms with Crippen LogP contribution in [0, 0.1) is 5.92 Å². The SMILES string of the molecule is Cl.O=C(N[C@H]1CCCNC1)C1CCN(C(=O)c2ccc(Br)cc2)CC1. The number of benzene rings is 1. The summed E-state index contributed by atoms with van der Waals surface area (Å²) in [6.45, 7) is 3.21. The van der Waals surface area contributed by atoms with Gasteiger partial charge in [0.05, 0.1) is 0 Å². The van der Waals surface area contributed by atoms with Crippen molar-refractivity contribution in [1.29, 1.82) is 0 Å². The lowest BCUT2D eigenvalue weighted by Gasteiger charge is -2.33. The van der Waals surface area contributed by atoms with Gasteiger partial charge in [-0.1, -0.05) is 15.9 Å². The van der Waals surface area contributed by atoms with E-state index in [0.717, 1.165) is 43.2 Å². The molecule has 0 unspecified atom stereocenters. The number of nitrogens with zero attached hydrogens (tertiary/aromatic N) is 1. The average Bonchev–Trinajstić information content (AvgIpc) is 2.63. The van der Waals surface area contributed by atoms with Crippen LogP contribution < -0.4 is 10.6 Å². The second kappa shape index (κ2) is 9.55. The summed E-state index contributed by atoms with van der Waals surface area (Å²) in [7, 11) is 0. The maximum absolute atomic E-state index is 12.5. The van der Waals surface area contributed by atoms with E-state index >= 15 is 0 Å². The fourth-order valence-electron chi connectivity index (χ4n) is 3.41. The van der Waals surface area contributed by atoms with Crippen molar-refractivity contribution in [3.8, 4) is 0 Å². The normalized spacial score (nSPS) is 21.3. The van der Waals surface area contributed by atoms with Crippen molar-refractivity contribution in [2.24, 2.45) is 5.92 Å². The Bertz CT molecular complexity index is 582. The first kappa shape index (κ1) is 20.2. The second-order valence-electron chi connectivity index (χ2n) is 6.63. The van der Waals surface area contributed by atoms with Gasteiger partial charge in [-0.15, -0.1) is 12.4 Å². The van der Waals surface area contributed by atoms with Gasteiger partial charge in [0.1, 0.15) is 0 Å². The Kier molecular flexibility index (Phi) is 7.72. The predicted molar refractivity (Wildman–Crippen MR) is 104 cm³/mol. The molecule has 2 saturated heterocycles. The topological polar surface area (TPSA) is 61.4 Å². The molecule has 0 aromatic heterocycles. The Labute approximate surface area is 163 Å². The largest absolute Gasteiger partial charge is 0.352 e. The highest BCUT2D eigenvalue weighted by atomic mass is 79.9. The first-order valence-electron chi connectivity index (χ1n) is 8.69. The van der Waals surface area contributed by atoms with Crippen molar-refractivity contribution >= 4 is 40.2 Å². The van der Waals surface area contributed by atoms with E-state index in [0.29, 0.717) is 18.7 Å². The molecule has 3 rings (SSSR count). The first-order chi connectivity index (χ1) is 11.6. The van der Waals surface area contributed by atoms with Gasteiger partial charge in [0.15, 0.2) is 0 Å². The summed E-state index contributed by atoms with van der Waals surface area (Å²) >= 11 is 3.38. The van der Waals surface area contributed by atoms with E-state index in [2.05, 4.69) is 26.6 Å². The Balaban J connectivity index is 0.00000225. The van der Waals surface area contributed by atoms with E-state index in [9.17, 15) is 9.59 Å². The monoisotopic (exact) mass is 429 g/mol. The van der Waals surface area contributed by atoms with Crippen molar-refractivity contribution in [2.75, 3.05) is 26.2 Å². The summed E-state index contributed by atoms with van der Waals surface area (Å²) < 4.78 is 0.964. The van der Waals surface area contributed by atoms with Gasteiger partial charge in [0.2, 0.25) is 5.91 Å². The van der Waals surface area contributed by atoms with Crippen molar-refractivity contribution in [2.45, 2.75) is 31.7 Å². The average molecular weight is 431 g/mol. The van der Waals surface area contributed by atoms with Gasteiger partial charge < -0.3 is 15.5 Å². The van der Waals surface area contributed by atoms with Crippen molar-refractivity contribution in [1.82, 2.24) is 15.5 Å². The molecule has 0 radical (unpaired) electrons. The molecule has 1 atom stereocenters. The zero-order valence-corrected chi connectivity index (χ0v) is 16.6. The number of halogens is 2. The number of hydrogen-bond donors (Lipinski definition) is 2. The molecule has 0 aliphatic carbocycles. The van der Waals surface area contributed by atoms with Gasteiger partial charge >= 0.3 is 0 Å². The molecule has 2 heterocycles. The summed E-state index contributed by atoms with van der Waals surface area (Å²) in [6, 6.07) is 7.69. The van der Waals surface area contributed by atoms with Gasteiger partial charge in [-0.2, -0.15) is 0 Å². The van der Waals surface area contributed by atoms with Crippen LogP contribution in [0.25, 0.3) is 0 Å². The fraction of sp³-hybridized carbons (Fsp3) is 0.556. The van der Waals surface area contributed by atoms with E-state index < -0.39 is 0 Å². The Hall–Kier alpha value is -1.11. The molecule has 0 spiro atoms. The summed E-state index contributed by atoms with van der Waals surface area (Å²) in [4.78, 5) is 26.8. The highest BCUT2D eigenvalue weighted by Crippen LogP contribution is 2.20. The van der Waals surface area contributed by atoms with Crippen LogP contribution >= 0.6 is 28.3 Å². The molecule has 0 bridgehead atoms. The van der Waals surface area contributed by atoms with Crippen molar-refractivity contribution in [3.05, 3.63) is 34.3 Å². The molecular weight excluding hydrogens is 406 g/mol. The smallest absolute Gasteiger partial charge is 0.253 e. The minimum absolute atomic E-state index is 0. The number of rotatable bonds is 3. The van der Waals surface area contributed by atoms with Gasteiger partial charge in [-0.25, -0.2) is 0 Å². The van der Waals surface area contributed by atoms with Crippen LogP contribution in [-0.4, -0.2) is 48.9 Å². The molecule has 2 aliphatic heterocycles. The van der Waals surface area contributed by atoms with Crippen LogP contribution in [0.1, 0.15) is 36.0 Å². The van der Waals surface area contributed by atoms with E-state index in [4.69, 9.17) is 0 Å². The molecule has 138 valence electrons. The predicted octanol–water partition coefficient (Wildman–Crippen LogP) is 2.59. The van der Waals surface area contributed by atoms with Crippen LogP contribution in [0.5, 0.6) is 0 Å². The quantitative estimate of drug-likeness (QED) is 0.775. The van der Waals surface area contributed by atoms with Crippen LogP contribution in [0.3, 0.4) is 0 Å². The van der Waals surface area contributed by atoms with Crippen LogP contribution in [0.15, 0.2) is 28.7 Å². The molecule has 0 saturated carbocycles. The van der Waals surface area contributed by atoms with Gasteiger partial charge in [0, 0.05) is 41.6 Å². The zero-order chi connectivity index (χ0) is 16.9. The molecule has 2 fully saturated rings. The molecule has 2 aliphatic rings. The number of piperidine rings is 2. The van der Waals surface area contributed by atoms with Crippen LogP contribution in [-0.2, 0) is 4.79 Å². The standard InChI is InChI=1S/C18H24BrN3O2.ClH/c19-15-5-3-14(4-6-15)18(24)22-10-7-13(8-11-22)17(23)21-16-2-1-9-20-12-16;/h3-6,13,16,20H,1-2,7-12H2,(H,21,23);1H/t16-;/m0./s1. The number of nitrogens with one attached hydrogen (secondary N) is 2. The lowest BCUT2D eigenvalue weighted by molar-refractivity contribution is -0.127. The third-order valence-electron chi connectivity index (χ3n) is 4.89. The molecule has 25 heavy (non-hydrogen) atoms. The third kappa shape index (κ3) is 5.43. The maximum Gasteiger partial charge on any atom is 0.253 e. The minimum atomic E-state index is 0. The second-order valence-corrected chi connectivity index (χ2v) is 7.54. The zero-order valence-electron chi connectivity index (χ0n) is 14.2. The minimum Gasteiger partial charge on any atom is -0.352 e. The number of hydrogen-bond acceptors (Lipinski definition) is 3. The molecule has 7 heteroatoms. The van der Waals surface area contributed by atoms with Crippen LogP contribution in [0.4, 0.5) is 0 Å². The summed E-state index contributed by atoms with van der Waals surface area (Å²) in [6.07, 6.45) is 3.66. The van der Waals surface area contributed by atoms with Crippen LogP contribution in [0.2, 0.25) is 0 Å². The highest BCUT2D eigenvalue weighted by Gasteiger charge is 2.29. The summed E-state index contributed by atoms with van der Waals surface area (Å²) in [5, 5.41) is 6.48. The van der Waals surface area contributed by atoms with Crippen molar-refractivity contribution in [3.63, 3.8) is 0 Å². The molecule has 1 aromatic rings. The fourth-order valence-corrected chi connectivity index (χ4v) is 3.68. The van der Waals surface area contributed by atoms with E-state index in [-0.39, 0.29) is 36.2 Å². The maximum atomic E-state index is 12.5. The molecule has 2 amide bonds. The number of likely N-dealkylation sites (tertiary alicyclic amines) is 1.